The van der Waals surface area contributed by atoms with Crippen LogP contribution in [-0.2, 0) is 4.74 Å². The van der Waals surface area contributed by atoms with E-state index in [4.69, 9.17) is 14.2 Å². The highest BCUT2D eigenvalue weighted by Gasteiger charge is 2.16. The number of rotatable bonds is 8. The van der Waals surface area contributed by atoms with Crippen LogP contribution in [0.3, 0.4) is 0 Å². The molecule has 2 aromatic rings. The average Bonchev–Trinajstić information content (AvgIpc) is 3.17. The van der Waals surface area contributed by atoms with Crippen LogP contribution in [0.25, 0.3) is 0 Å². The van der Waals surface area contributed by atoms with Crippen LogP contribution in [0.4, 0.5) is 0 Å². The van der Waals surface area contributed by atoms with Crippen molar-refractivity contribution in [2.45, 2.75) is 25.9 Å². The molecule has 1 aliphatic rings. The third-order valence-electron chi connectivity index (χ3n) is 4.22. The van der Waals surface area contributed by atoms with Crippen LogP contribution in [0.5, 0.6) is 11.5 Å². The van der Waals surface area contributed by atoms with E-state index < -0.39 is 0 Å². The predicted molar refractivity (Wildman–Crippen MR) is 99.9 cm³/mol. The van der Waals surface area contributed by atoms with E-state index in [-0.39, 0.29) is 12.0 Å². The topological polar surface area (TPSA) is 56.8 Å². The molecule has 3 rings (SSSR count). The van der Waals surface area contributed by atoms with Crippen molar-refractivity contribution in [3.8, 4) is 11.5 Å². The molecule has 0 aliphatic carbocycles. The van der Waals surface area contributed by atoms with Gasteiger partial charge >= 0.3 is 0 Å². The highest BCUT2D eigenvalue weighted by atomic mass is 16.5. The Labute approximate surface area is 154 Å². The summed E-state index contributed by atoms with van der Waals surface area (Å²) in [4.78, 5) is 12.2. The minimum absolute atomic E-state index is 0.122. The van der Waals surface area contributed by atoms with Crippen molar-refractivity contribution in [2.24, 2.45) is 0 Å². The van der Waals surface area contributed by atoms with Crippen LogP contribution in [0.2, 0.25) is 0 Å². The van der Waals surface area contributed by atoms with Gasteiger partial charge in [-0.25, -0.2) is 0 Å². The lowest BCUT2D eigenvalue weighted by molar-refractivity contribution is 0.0679. The van der Waals surface area contributed by atoms with E-state index in [0.717, 1.165) is 36.5 Å². The van der Waals surface area contributed by atoms with Gasteiger partial charge in [-0.2, -0.15) is 0 Å². The van der Waals surface area contributed by atoms with E-state index >= 15 is 0 Å². The van der Waals surface area contributed by atoms with Gasteiger partial charge in [0.15, 0.2) is 0 Å². The van der Waals surface area contributed by atoms with Gasteiger partial charge < -0.3 is 19.5 Å². The van der Waals surface area contributed by atoms with Crippen molar-refractivity contribution < 1.29 is 19.0 Å². The summed E-state index contributed by atoms with van der Waals surface area (Å²) in [7, 11) is 0. The van der Waals surface area contributed by atoms with Gasteiger partial charge in [0.2, 0.25) is 0 Å². The van der Waals surface area contributed by atoms with E-state index in [1.54, 1.807) is 12.1 Å². The third-order valence-corrected chi connectivity index (χ3v) is 4.22. The van der Waals surface area contributed by atoms with Crippen molar-refractivity contribution in [3.05, 3.63) is 59.7 Å². The van der Waals surface area contributed by atoms with Crippen molar-refractivity contribution in [2.75, 3.05) is 26.4 Å². The maximum Gasteiger partial charge on any atom is 0.251 e. The molecule has 138 valence electrons. The monoisotopic (exact) mass is 355 g/mol. The van der Waals surface area contributed by atoms with Gasteiger partial charge in [0.05, 0.1) is 12.6 Å². The molecule has 0 bridgehead atoms. The fraction of sp³-hybridized carbons (Fsp3) is 0.381. The van der Waals surface area contributed by atoms with Gasteiger partial charge in [0.25, 0.3) is 5.91 Å². The molecule has 1 amide bonds. The molecule has 0 spiro atoms. The summed E-state index contributed by atoms with van der Waals surface area (Å²) < 4.78 is 16.9. The predicted octanol–water partition coefficient (Wildman–Crippen LogP) is 3.36. The average molecular weight is 355 g/mol. The van der Waals surface area contributed by atoms with E-state index in [0.29, 0.717) is 25.3 Å². The van der Waals surface area contributed by atoms with Gasteiger partial charge in [0.1, 0.15) is 24.7 Å². The summed E-state index contributed by atoms with van der Waals surface area (Å²) in [5.74, 6) is 1.44. The normalized spacial score (nSPS) is 16.3. The van der Waals surface area contributed by atoms with Crippen LogP contribution in [0, 0.1) is 6.92 Å². The van der Waals surface area contributed by atoms with Gasteiger partial charge in [-0.05, 0) is 61.7 Å². The fourth-order valence-corrected chi connectivity index (χ4v) is 2.81. The zero-order chi connectivity index (χ0) is 18.2. The fourth-order valence-electron chi connectivity index (χ4n) is 2.81. The molecular formula is C21H25NO4. The minimum atomic E-state index is -0.122. The van der Waals surface area contributed by atoms with Crippen LogP contribution < -0.4 is 14.8 Å². The lowest BCUT2D eigenvalue weighted by Crippen LogP contribution is -2.28. The maximum atomic E-state index is 12.2. The van der Waals surface area contributed by atoms with Crippen LogP contribution in [0.1, 0.15) is 28.8 Å². The summed E-state index contributed by atoms with van der Waals surface area (Å²) in [6, 6.07) is 15.0. The Balaban J connectivity index is 1.38. The second-order valence-corrected chi connectivity index (χ2v) is 6.39. The summed E-state index contributed by atoms with van der Waals surface area (Å²) >= 11 is 0. The van der Waals surface area contributed by atoms with Gasteiger partial charge in [-0.15, -0.1) is 0 Å². The Bertz CT molecular complexity index is 708. The Hall–Kier alpha value is -2.53. The third kappa shape index (κ3) is 5.49. The Morgan fingerprint density at radius 3 is 2.73 bits per heavy atom. The number of amides is 1. The Morgan fingerprint density at radius 1 is 1.15 bits per heavy atom. The molecular weight excluding hydrogens is 330 g/mol. The summed E-state index contributed by atoms with van der Waals surface area (Å²) in [5, 5.41) is 2.86. The zero-order valence-corrected chi connectivity index (χ0v) is 15.1. The van der Waals surface area contributed by atoms with Crippen molar-refractivity contribution in [1.29, 1.82) is 0 Å². The van der Waals surface area contributed by atoms with Gasteiger partial charge in [-0.1, -0.05) is 12.1 Å². The standard InChI is InChI=1S/C21H25NO4/c1-16-4-2-5-19(14-16)25-13-11-22-21(23)17-7-9-18(10-8-17)26-15-20-6-3-12-24-20/h2,4-5,7-10,14,20H,3,6,11-13,15H2,1H3,(H,22,23)/t20-/m0/s1. The number of nitrogens with one attached hydrogen (secondary N) is 1. The molecule has 0 radical (unpaired) electrons. The first-order chi connectivity index (χ1) is 12.7. The van der Waals surface area contributed by atoms with Crippen LogP contribution >= 0.6 is 0 Å². The van der Waals surface area contributed by atoms with E-state index in [1.807, 2.05) is 43.3 Å². The van der Waals surface area contributed by atoms with Crippen LogP contribution in [-0.4, -0.2) is 38.4 Å². The molecule has 0 aromatic heterocycles. The Kier molecular flexibility index (Phi) is 6.50. The first-order valence-corrected chi connectivity index (χ1v) is 9.03. The summed E-state index contributed by atoms with van der Waals surface area (Å²) in [6.07, 6.45) is 2.33. The number of hydrogen-bond acceptors (Lipinski definition) is 4. The highest BCUT2D eigenvalue weighted by Crippen LogP contribution is 2.16. The minimum Gasteiger partial charge on any atom is -0.492 e. The van der Waals surface area contributed by atoms with Gasteiger partial charge in [0, 0.05) is 12.2 Å². The lowest BCUT2D eigenvalue weighted by atomic mass is 10.2. The molecule has 0 saturated carbocycles. The summed E-state index contributed by atoms with van der Waals surface area (Å²) in [5.41, 5.74) is 1.75. The molecule has 2 aromatic carbocycles. The van der Waals surface area contributed by atoms with Crippen molar-refractivity contribution in [3.63, 3.8) is 0 Å². The van der Waals surface area contributed by atoms with E-state index in [9.17, 15) is 4.79 Å². The zero-order valence-electron chi connectivity index (χ0n) is 15.1. The van der Waals surface area contributed by atoms with E-state index in [1.165, 1.54) is 0 Å². The quantitative estimate of drug-likeness (QED) is 0.738. The molecule has 5 heteroatoms. The number of carbonyl (C=O) groups excluding carboxylic acids is 1. The SMILES string of the molecule is Cc1cccc(OCCNC(=O)c2ccc(OC[C@@H]3CCCO3)cc2)c1. The first kappa shape index (κ1) is 18.3. The molecule has 5 nitrogen and oxygen atoms in total. The van der Waals surface area contributed by atoms with Gasteiger partial charge in [-0.3, -0.25) is 4.79 Å². The molecule has 26 heavy (non-hydrogen) atoms. The van der Waals surface area contributed by atoms with Crippen LogP contribution in [0.15, 0.2) is 48.5 Å². The Morgan fingerprint density at radius 2 is 2.00 bits per heavy atom. The molecule has 1 N–H and O–H groups in total. The molecule has 1 heterocycles. The second-order valence-electron chi connectivity index (χ2n) is 6.39. The number of hydrogen-bond donors (Lipinski definition) is 1. The van der Waals surface area contributed by atoms with Crippen molar-refractivity contribution in [1.82, 2.24) is 5.32 Å². The smallest absolute Gasteiger partial charge is 0.251 e. The molecule has 0 unspecified atom stereocenters. The number of benzene rings is 2. The molecule has 1 saturated heterocycles. The number of aryl methyl sites for hydroxylation is 1. The summed E-state index contributed by atoms with van der Waals surface area (Å²) in [6.45, 7) is 4.27. The van der Waals surface area contributed by atoms with E-state index in [2.05, 4.69) is 5.32 Å². The molecule has 1 fully saturated rings. The second kappa shape index (κ2) is 9.25. The maximum absolute atomic E-state index is 12.2. The highest BCUT2D eigenvalue weighted by molar-refractivity contribution is 5.94. The lowest BCUT2D eigenvalue weighted by Gasteiger charge is -2.12. The first-order valence-electron chi connectivity index (χ1n) is 9.03. The molecule has 1 aliphatic heterocycles. The number of carbonyl (C=O) groups is 1. The largest absolute Gasteiger partial charge is 0.492 e. The van der Waals surface area contributed by atoms with Crippen molar-refractivity contribution >= 4 is 5.91 Å². The molecule has 1 atom stereocenters. The number of ether oxygens (including phenoxy) is 3.